The predicted molar refractivity (Wildman–Crippen MR) is 65.0 cm³/mol. The maximum absolute atomic E-state index is 8.61. The third kappa shape index (κ3) is 3.80. The third-order valence-corrected chi connectivity index (χ3v) is 3.39. The van der Waals surface area contributed by atoms with Crippen molar-refractivity contribution in [3.05, 3.63) is 23.9 Å². The van der Waals surface area contributed by atoms with Gasteiger partial charge in [0.1, 0.15) is 11.9 Å². The summed E-state index contributed by atoms with van der Waals surface area (Å²) < 4.78 is 0.190. The fourth-order valence-electron chi connectivity index (χ4n) is 0.940. The Morgan fingerprint density at radius 1 is 1.53 bits per heavy atom. The summed E-state index contributed by atoms with van der Waals surface area (Å²) in [6.45, 7) is 5.20. The van der Waals surface area contributed by atoms with Gasteiger partial charge in [0.15, 0.2) is 0 Å². The van der Waals surface area contributed by atoms with E-state index in [1.807, 2.05) is 23.9 Å². The van der Waals surface area contributed by atoms with Crippen molar-refractivity contribution in [3.63, 3.8) is 0 Å². The van der Waals surface area contributed by atoms with E-state index in [2.05, 4.69) is 30.4 Å². The van der Waals surface area contributed by atoms with Crippen LogP contribution in [0.3, 0.4) is 0 Å². The molecule has 0 amide bonds. The molecule has 0 aliphatic rings. The van der Waals surface area contributed by atoms with Crippen LogP contribution in [0.4, 0.5) is 5.82 Å². The van der Waals surface area contributed by atoms with Gasteiger partial charge in [-0.2, -0.15) is 17.0 Å². The molecule has 0 aliphatic heterocycles. The zero-order valence-electron chi connectivity index (χ0n) is 9.24. The summed E-state index contributed by atoms with van der Waals surface area (Å²) in [5.41, 5.74) is 0.588. The van der Waals surface area contributed by atoms with Gasteiger partial charge < -0.3 is 5.32 Å². The van der Waals surface area contributed by atoms with Gasteiger partial charge in [-0.1, -0.05) is 0 Å². The van der Waals surface area contributed by atoms with E-state index in [9.17, 15) is 0 Å². The van der Waals surface area contributed by atoms with Crippen molar-refractivity contribution in [1.29, 1.82) is 5.26 Å². The van der Waals surface area contributed by atoms with Crippen LogP contribution in [0, 0.1) is 11.3 Å². The lowest BCUT2D eigenvalue weighted by molar-refractivity contribution is 0.750. The largest absolute Gasteiger partial charge is 0.369 e. The van der Waals surface area contributed by atoms with Crippen molar-refractivity contribution in [1.82, 2.24) is 4.98 Å². The highest BCUT2D eigenvalue weighted by Gasteiger charge is 2.15. The first-order valence-corrected chi connectivity index (χ1v) is 5.95. The van der Waals surface area contributed by atoms with Gasteiger partial charge in [0.25, 0.3) is 0 Å². The zero-order valence-corrected chi connectivity index (χ0v) is 10.1. The van der Waals surface area contributed by atoms with E-state index in [0.29, 0.717) is 5.56 Å². The van der Waals surface area contributed by atoms with Crippen molar-refractivity contribution < 1.29 is 0 Å². The Morgan fingerprint density at radius 3 is 2.73 bits per heavy atom. The van der Waals surface area contributed by atoms with Gasteiger partial charge in [0.2, 0.25) is 0 Å². The van der Waals surface area contributed by atoms with Gasteiger partial charge in [0.05, 0.1) is 5.56 Å². The van der Waals surface area contributed by atoms with E-state index in [4.69, 9.17) is 5.26 Å². The first-order valence-electron chi connectivity index (χ1n) is 4.72. The highest BCUT2D eigenvalue weighted by molar-refractivity contribution is 7.99. The molecule has 0 fully saturated rings. The fraction of sp³-hybridized carbons (Fsp3) is 0.455. The van der Waals surface area contributed by atoms with Crippen LogP contribution in [0.25, 0.3) is 0 Å². The summed E-state index contributed by atoms with van der Waals surface area (Å²) in [7, 11) is 0. The van der Waals surface area contributed by atoms with Gasteiger partial charge in [-0.25, -0.2) is 4.98 Å². The average molecular weight is 221 g/mol. The van der Waals surface area contributed by atoms with E-state index >= 15 is 0 Å². The van der Waals surface area contributed by atoms with Crippen molar-refractivity contribution in [2.24, 2.45) is 0 Å². The molecule has 15 heavy (non-hydrogen) atoms. The normalized spacial score (nSPS) is 10.8. The molecule has 0 radical (unpaired) electrons. The summed E-state index contributed by atoms with van der Waals surface area (Å²) in [5, 5.41) is 11.9. The average Bonchev–Trinajstić information content (AvgIpc) is 2.27. The highest BCUT2D eigenvalue weighted by atomic mass is 32.2. The summed E-state index contributed by atoms with van der Waals surface area (Å²) >= 11 is 1.81. The Morgan fingerprint density at radius 2 is 2.27 bits per heavy atom. The van der Waals surface area contributed by atoms with Gasteiger partial charge in [-0.15, -0.1) is 0 Å². The Hall–Kier alpha value is -1.21. The monoisotopic (exact) mass is 221 g/mol. The van der Waals surface area contributed by atoms with Crippen LogP contribution in [0.5, 0.6) is 0 Å². The van der Waals surface area contributed by atoms with Crippen molar-refractivity contribution >= 4 is 17.6 Å². The number of pyridine rings is 1. The second-order valence-corrected chi connectivity index (χ2v) is 5.37. The predicted octanol–water partition coefficient (Wildman–Crippen LogP) is 2.51. The van der Waals surface area contributed by atoms with Crippen LogP contribution < -0.4 is 5.32 Å². The minimum Gasteiger partial charge on any atom is -0.369 e. The lowest BCUT2D eigenvalue weighted by Crippen LogP contribution is -2.26. The number of hydrogen-bond acceptors (Lipinski definition) is 4. The number of nitrogens with one attached hydrogen (secondary N) is 1. The summed E-state index contributed by atoms with van der Waals surface area (Å²) in [5.74, 6) is 0.816. The van der Waals surface area contributed by atoms with Gasteiger partial charge in [-0.05, 0) is 32.2 Å². The Kier molecular flexibility index (Phi) is 3.98. The van der Waals surface area contributed by atoms with Gasteiger partial charge >= 0.3 is 0 Å². The smallest absolute Gasteiger partial charge is 0.126 e. The lowest BCUT2D eigenvalue weighted by Gasteiger charge is -2.22. The van der Waals surface area contributed by atoms with Crippen molar-refractivity contribution in [3.8, 4) is 6.07 Å². The molecular formula is C11H15N3S. The van der Waals surface area contributed by atoms with E-state index in [1.54, 1.807) is 12.3 Å². The van der Waals surface area contributed by atoms with E-state index in [-0.39, 0.29) is 4.75 Å². The topological polar surface area (TPSA) is 48.7 Å². The van der Waals surface area contributed by atoms with Crippen LogP contribution in [-0.2, 0) is 0 Å². The fourth-order valence-corrected chi connectivity index (χ4v) is 1.16. The number of nitrogens with zero attached hydrogens (tertiary/aromatic N) is 2. The first kappa shape index (κ1) is 11.9. The molecule has 1 aromatic heterocycles. The molecule has 0 saturated heterocycles. The van der Waals surface area contributed by atoms with Crippen LogP contribution in [0.2, 0.25) is 0 Å². The Balaban J connectivity index is 2.56. The third-order valence-electron chi connectivity index (χ3n) is 2.14. The van der Waals surface area contributed by atoms with Crippen LogP contribution in [0.1, 0.15) is 19.4 Å². The molecule has 0 aliphatic carbocycles. The second-order valence-electron chi connectivity index (χ2n) is 3.86. The van der Waals surface area contributed by atoms with E-state index in [0.717, 1.165) is 12.4 Å². The summed E-state index contributed by atoms with van der Waals surface area (Å²) in [4.78, 5) is 4.14. The minimum atomic E-state index is 0.190. The summed E-state index contributed by atoms with van der Waals surface area (Å²) in [6, 6.07) is 5.64. The molecule has 4 heteroatoms. The number of hydrogen-bond donors (Lipinski definition) is 1. The Bertz CT molecular complexity index is 351. The SMILES string of the molecule is CSC(C)(C)CNc1ccc(C#N)cn1. The van der Waals surface area contributed by atoms with Gasteiger partial charge in [0, 0.05) is 17.5 Å². The molecule has 1 aromatic rings. The molecule has 1 heterocycles. The molecule has 0 aromatic carbocycles. The molecule has 0 spiro atoms. The lowest BCUT2D eigenvalue weighted by atomic mass is 10.2. The number of thioether (sulfide) groups is 1. The number of rotatable bonds is 4. The standard InChI is InChI=1S/C11H15N3S/c1-11(2,15-3)8-14-10-5-4-9(6-12)7-13-10/h4-5,7H,8H2,1-3H3,(H,13,14). The first-order chi connectivity index (χ1) is 7.07. The van der Waals surface area contributed by atoms with Crippen LogP contribution >= 0.6 is 11.8 Å². The quantitative estimate of drug-likeness (QED) is 0.848. The molecule has 0 atom stereocenters. The second kappa shape index (κ2) is 5.04. The van der Waals surface area contributed by atoms with Crippen molar-refractivity contribution in [2.75, 3.05) is 18.1 Å². The molecule has 0 bridgehead atoms. The number of anilines is 1. The maximum atomic E-state index is 8.61. The number of aromatic nitrogens is 1. The molecular weight excluding hydrogens is 206 g/mol. The van der Waals surface area contributed by atoms with Crippen molar-refractivity contribution in [2.45, 2.75) is 18.6 Å². The minimum absolute atomic E-state index is 0.190. The highest BCUT2D eigenvalue weighted by Crippen LogP contribution is 2.21. The van der Waals surface area contributed by atoms with Crippen LogP contribution in [0.15, 0.2) is 18.3 Å². The van der Waals surface area contributed by atoms with Gasteiger partial charge in [-0.3, -0.25) is 0 Å². The van der Waals surface area contributed by atoms with Crippen LogP contribution in [-0.4, -0.2) is 22.5 Å². The summed E-state index contributed by atoms with van der Waals surface area (Å²) in [6.07, 6.45) is 3.67. The van der Waals surface area contributed by atoms with E-state index < -0.39 is 0 Å². The zero-order chi connectivity index (χ0) is 11.3. The van der Waals surface area contributed by atoms with E-state index in [1.165, 1.54) is 0 Å². The molecule has 0 saturated carbocycles. The molecule has 1 rings (SSSR count). The maximum Gasteiger partial charge on any atom is 0.126 e. The molecule has 80 valence electrons. The molecule has 1 N–H and O–H groups in total. The Labute approximate surface area is 94.9 Å². The molecule has 3 nitrogen and oxygen atoms in total. The number of nitriles is 1. The molecule has 0 unspecified atom stereocenters.